The summed E-state index contributed by atoms with van der Waals surface area (Å²) in [5.74, 6) is 3.01. The number of benzene rings is 1. The van der Waals surface area contributed by atoms with Gasteiger partial charge >= 0.3 is 0 Å². The zero-order valence-electron chi connectivity index (χ0n) is 12.7. The summed E-state index contributed by atoms with van der Waals surface area (Å²) >= 11 is 1.95. The Morgan fingerprint density at radius 3 is 2.85 bits per heavy atom. The summed E-state index contributed by atoms with van der Waals surface area (Å²) in [5.41, 5.74) is 1.43. The van der Waals surface area contributed by atoms with E-state index >= 15 is 0 Å². The van der Waals surface area contributed by atoms with Gasteiger partial charge in [-0.25, -0.2) is 0 Å². The Hall–Kier alpha value is -0.670. The molecule has 0 saturated heterocycles. The molecule has 1 fully saturated rings. The lowest BCUT2D eigenvalue weighted by atomic mass is 9.76. The van der Waals surface area contributed by atoms with Crippen LogP contribution >= 0.6 is 11.8 Å². The van der Waals surface area contributed by atoms with Crippen LogP contribution in [-0.2, 0) is 0 Å². The number of rotatable bonds is 9. The molecule has 0 unspecified atom stereocenters. The van der Waals surface area contributed by atoms with Crippen LogP contribution in [0.2, 0.25) is 0 Å². The van der Waals surface area contributed by atoms with Crippen LogP contribution in [0.25, 0.3) is 0 Å². The second kappa shape index (κ2) is 8.58. The fourth-order valence-electron chi connectivity index (χ4n) is 2.81. The SMILES string of the molecule is COc1cccc(C2CC(NCCCCCSC)C2)c1. The third kappa shape index (κ3) is 4.71. The number of hydrogen-bond acceptors (Lipinski definition) is 3. The molecule has 0 aromatic heterocycles. The highest BCUT2D eigenvalue weighted by atomic mass is 32.2. The zero-order valence-corrected chi connectivity index (χ0v) is 13.5. The van der Waals surface area contributed by atoms with E-state index in [0.717, 1.165) is 17.7 Å². The smallest absolute Gasteiger partial charge is 0.119 e. The van der Waals surface area contributed by atoms with E-state index in [1.807, 2.05) is 17.8 Å². The minimum Gasteiger partial charge on any atom is -0.497 e. The van der Waals surface area contributed by atoms with Gasteiger partial charge in [-0.3, -0.25) is 0 Å². The maximum Gasteiger partial charge on any atom is 0.119 e. The van der Waals surface area contributed by atoms with Crippen LogP contribution in [0, 0.1) is 0 Å². The van der Waals surface area contributed by atoms with E-state index in [4.69, 9.17) is 4.74 Å². The summed E-state index contributed by atoms with van der Waals surface area (Å²) in [6.07, 6.45) is 8.78. The van der Waals surface area contributed by atoms with Gasteiger partial charge < -0.3 is 10.1 Å². The summed E-state index contributed by atoms with van der Waals surface area (Å²) in [7, 11) is 1.74. The van der Waals surface area contributed by atoms with Crippen molar-refractivity contribution in [3.8, 4) is 5.75 Å². The van der Waals surface area contributed by atoms with Gasteiger partial charge in [-0.05, 0) is 67.9 Å². The van der Waals surface area contributed by atoms with Crippen molar-refractivity contribution in [2.24, 2.45) is 0 Å². The third-order valence-electron chi connectivity index (χ3n) is 4.16. The van der Waals surface area contributed by atoms with Crippen molar-refractivity contribution in [1.82, 2.24) is 5.32 Å². The first kappa shape index (κ1) is 15.7. The van der Waals surface area contributed by atoms with Gasteiger partial charge in [0.1, 0.15) is 5.75 Å². The molecule has 2 nitrogen and oxygen atoms in total. The van der Waals surface area contributed by atoms with E-state index in [2.05, 4.69) is 29.8 Å². The predicted octanol–water partition coefficient (Wildman–Crippen LogP) is 4.06. The molecule has 0 radical (unpaired) electrons. The van der Waals surface area contributed by atoms with Crippen molar-refractivity contribution in [3.05, 3.63) is 29.8 Å². The highest BCUT2D eigenvalue weighted by Gasteiger charge is 2.29. The first-order valence-corrected chi connectivity index (χ1v) is 9.09. The molecule has 1 aliphatic rings. The van der Waals surface area contributed by atoms with Crippen LogP contribution in [0.15, 0.2) is 24.3 Å². The summed E-state index contributed by atoms with van der Waals surface area (Å²) in [5, 5.41) is 3.69. The van der Waals surface area contributed by atoms with Gasteiger partial charge in [0.05, 0.1) is 7.11 Å². The standard InChI is InChI=1S/C17H27NOS/c1-19-17-8-6-7-14(13-17)15-11-16(12-15)18-9-4-3-5-10-20-2/h6-8,13,15-16,18H,3-5,9-12H2,1-2H3. The fourth-order valence-corrected chi connectivity index (χ4v) is 3.30. The van der Waals surface area contributed by atoms with Gasteiger partial charge in [0.15, 0.2) is 0 Å². The summed E-state index contributed by atoms with van der Waals surface area (Å²) in [4.78, 5) is 0. The van der Waals surface area contributed by atoms with E-state index in [-0.39, 0.29) is 0 Å². The molecule has 20 heavy (non-hydrogen) atoms. The Bertz CT molecular complexity index is 390. The second-order valence-corrected chi connectivity index (χ2v) is 6.64. The third-order valence-corrected chi connectivity index (χ3v) is 4.86. The summed E-state index contributed by atoms with van der Waals surface area (Å²) < 4.78 is 5.29. The number of methoxy groups -OCH3 is 1. The first-order chi connectivity index (χ1) is 9.83. The van der Waals surface area contributed by atoms with E-state index in [0.29, 0.717) is 0 Å². The van der Waals surface area contributed by atoms with Crippen molar-refractivity contribution in [2.45, 2.75) is 44.1 Å². The number of ether oxygens (including phenoxy) is 1. The maximum atomic E-state index is 5.29. The van der Waals surface area contributed by atoms with Crippen molar-refractivity contribution in [3.63, 3.8) is 0 Å². The average molecular weight is 293 g/mol. The maximum absolute atomic E-state index is 5.29. The lowest BCUT2D eigenvalue weighted by Gasteiger charge is -2.36. The van der Waals surface area contributed by atoms with Crippen LogP contribution in [0.5, 0.6) is 5.75 Å². The average Bonchev–Trinajstić information content (AvgIpc) is 2.44. The molecule has 0 atom stereocenters. The number of hydrogen-bond donors (Lipinski definition) is 1. The molecular weight excluding hydrogens is 266 g/mol. The molecular formula is C17H27NOS. The predicted molar refractivity (Wildman–Crippen MR) is 89.0 cm³/mol. The highest BCUT2D eigenvalue weighted by Crippen LogP contribution is 2.37. The lowest BCUT2D eigenvalue weighted by molar-refractivity contribution is 0.289. The van der Waals surface area contributed by atoms with Crippen molar-refractivity contribution < 1.29 is 4.74 Å². The van der Waals surface area contributed by atoms with Crippen LogP contribution in [0.4, 0.5) is 0 Å². The summed E-state index contributed by atoms with van der Waals surface area (Å²) in [6.45, 7) is 1.18. The van der Waals surface area contributed by atoms with Gasteiger partial charge in [-0.1, -0.05) is 18.6 Å². The van der Waals surface area contributed by atoms with E-state index < -0.39 is 0 Å². The molecule has 1 aromatic carbocycles. The van der Waals surface area contributed by atoms with Crippen molar-refractivity contribution in [2.75, 3.05) is 25.7 Å². The molecule has 1 aliphatic carbocycles. The molecule has 3 heteroatoms. The van der Waals surface area contributed by atoms with Gasteiger partial charge in [0.25, 0.3) is 0 Å². The van der Waals surface area contributed by atoms with Gasteiger partial charge in [0, 0.05) is 6.04 Å². The Balaban J connectivity index is 1.59. The Morgan fingerprint density at radius 2 is 2.10 bits per heavy atom. The topological polar surface area (TPSA) is 21.3 Å². The van der Waals surface area contributed by atoms with E-state index in [9.17, 15) is 0 Å². The lowest BCUT2D eigenvalue weighted by Crippen LogP contribution is -2.40. The Kier molecular flexibility index (Phi) is 6.74. The number of thioether (sulfide) groups is 1. The molecule has 1 N–H and O–H groups in total. The minimum absolute atomic E-state index is 0.721. The molecule has 0 heterocycles. The van der Waals surface area contributed by atoms with Gasteiger partial charge in [-0.2, -0.15) is 11.8 Å². The van der Waals surface area contributed by atoms with Crippen LogP contribution in [0.1, 0.15) is 43.6 Å². The molecule has 0 bridgehead atoms. The van der Waals surface area contributed by atoms with Crippen LogP contribution in [0.3, 0.4) is 0 Å². The summed E-state index contributed by atoms with van der Waals surface area (Å²) in [6, 6.07) is 9.26. The molecule has 0 amide bonds. The zero-order chi connectivity index (χ0) is 14.2. The highest BCUT2D eigenvalue weighted by molar-refractivity contribution is 7.98. The van der Waals surface area contributed by atoms with Gasteiger partial charge in [0.2, 0.25) is 0 Å². The Labute approximate surface area is 127 Å². The first-order valence-electron chi connectivity index (χ1n) is 7.69. The minimum atomic E-state index is 0.721. The molecule has 2 rings (SSSR count). The monoisotopic (exact) mass is 293 g/mol. The number of nitrogens with one attached hydrogen (secondary N) is 1. The second-order valence-electron chi connectivity index (χ2n) is 5.65. The largest absolute Gasteiger partial charge is 0.497 e. The fraction of sp³-hybridized carbons (Fsp3) is 0.647. The quantitative estimate of drug-likeness (QED) is 0.694. The Morgan fingerprint density at radius 1 is 1.25 bits per heavy atom. The van der Waals surface area contributed by atoms with E-state index in [1.165, 1.54) is 50.0 Å². The molecule has 1 saturated carbocycles. The van der Waals surface area contributed by atoms with E-state index in [1.54, 1.807) is 7.11 Å². The molecule has 112 valence electrons. The van der Waals surface area contributed by atoms with Gasteiger partial charge in [-0.15, -0.1) is 0 Å². The number of unbranched alkanes of at least 4 members (excludes halogenated alkanes) is 2. The van der Waals surface area contributed by atoms with Crippen LogP contribution < -0.4 is 10.1 Å². The van der Waals surface area contributed by atoms with Crippen molar-refractivity contribution in [1.29, 1.82) is 0 Å². The molecule has 0 aliphatic heterocycles. The normalized spacial score (nSPS) is 21.5. The van der Waals surface area contributed by atoms with Crippen molar-refractivity contribution >= 4 is 11.8 Å². The molecule has 0 spiro atoms. The van der Waals surface area contributed by atoms with Crippen LogP contribution in [-0.4, -0.2) is 31.7 Å². The molecule has 1 aromatic rings.